The summed E-state index contributed by atoms with van der Waals surface area (Å²) in [7, 11) is 3.45. The molecule has 1 heterocycles. The maximum Gasteiger partial charge on any atom is 0.191 e. The van der Waals surface area contributed by atoms with E-state index in [-0.39, 0.29) is 5.82 Å². The molecule has 1 fully saturated rings. The van der Waals surface area contributed by atoms with Gasteiger partial charge in [-0.05, 0) is 49.1 Å². The summed E-state index contributed by atoms with van der Waals surface area (Å²) in [6, 6.07) is 14.8. The summed E-state index contributed by atoms with van der Waals surface area (Å²) in [5.41, 5.74) is 1.15. The highest BCUT2D eigenvalue weighted by Gasteiger charge is 2.20. The van der Waals surface area contributed by atoms with E-state index < -0.39 is 0 Å². The molecule has 1 aliphatic heterocycles. The topological polar surface area (TPSA) is 58.1 Å². The van der Waals surface area contributed by atoms with Crippen molar-refractivity contribution in [1.29, 1.82) is 0 Å². The number of hydrogen-bond donors (Lipinski definition) is 2. The SMILES string of the molecule is CN=C(NCCCOc1cccc(OC)c1)NC1CCN(Cc2ccc(F)cc2)CC1. The van der Waals surface area contributed by atoms with E-state index in [1.165, 1.54) is 12.1 Å². The quantitative estimate of drug-likeness (QED) is 0.364. The minimum atomic E-state index is -0.183. The summed E-state index contributed by atoms with van der Waals surface area (Å²) in [4.78, 5) is 6.76. The molecule has 31 heavy (non-hydrogen) atoms. The Labute approximate surface area is 184 Å². The second-order valence-corrected chi connectivity index (χ2v) is 7.70. The average molecular weight is 429 g/mol. The Hall–Kier alpha value is -2.80. The maximum atomic E-state index is 13.1. The molecular weight excluding hydrogens is 395 g/mol. The molecule has 0 bridgehead atoms. The molecule has 3 rings (SSSR count). The Morgan fingerprint density at radius 3 is 2.58 bits per heavy atom. The van der Waals surface area contributed by atoms with Crippen LogP contribution in [0.25, 0.3) is 0 Å². The molecule has 0 spiro atoms. The van der Waals surface area contributed by atoms with Gasteiger partial charge in [-0.2, -0.15) is 0 Å². The smallest absolute Gasteiger partial charge is 0.191 e. The van der Waals surface area contributed by atoms with E-state index in [9.17, 15) is 4.39 Å². The molecule has 0 amide bonds. The lowest BCUT2D eigenvalue weighted by Crippen LogP contribution is -2.48. The molecule has 2 aromatic rings. The minimum absolute atomic E-state index is 0.183. The third-order valence-corrected chi connectivity index (χ3v) is 5.39. The second-order valence-electron chi connectivity index (χ2n) is 7.70. The lowest BCUT2D eigenvalue weighted by molar-refractivity contribution is 0.198. The van der Waals surface area contributed by atoms with Crippen LogP contribution in [0.4, 0.5) is 4.39 Å². The fourth-order valence-corrected chi connectivity index (χ4v) is 3.63. The van der Waals surface area contributed by atoms with Gasteiger partial charge in [0.1, 0.15) is 17.3 Å². The largest absolute Gasteiger partial charge is 0.497 e. The van der Waals surface area contributed by atoms with Gasteiger partial charge < -0.3 is 20.1 Å². The maximum absolute atomic E-state index is 13.1. The Balaban J connectivity index is 1.30. The van der Waals surface area contributed by atoms with Gasteiger partial charge in [0, 0.05) is 45.3 Å². The first-order valence-corrected chi connectivity index (χ1v) is 10.9. The fraction of sp³-hybridized carbons (Fsp3) is 0.458. The van der Waals surface area contributed by atoms with Crippen LogP contribution in [0.5, 0.6) is 11.5 Å². The Morgan fingerprint density at radius 1 is 1.13 bits per heavy atom. The zero-order valence-corrected chi connectivity index (χ0v) is 18.4. The van der Waals surface area contributed by atoms with Gasteiger partial charge in [0.05, 0.1) is 13.7 Å². The molecule has 0 radical (unpaired) electrons. The van der Waals surface area contributed by atoms with E-state index in [4.69, 9.17) is 9.47 Å². The van der Waals surface area contributed by atoms with Crippen LogP contribution in [0.15, 0.2) is 53.5 Å². The van der Waals surface area contributed by atoms with Gasteiger partial charge in [-0.3, -0.25) is 9.89 Å². The van der Waals surface area contributed by atoms with Crippen molar-refractivity contribution in [2.45, 2.75) is 31.8 Å². The number of rotatable bonds is 9. The summed E-state index contributed by atoms with van der Waals surface area (Å²) < 4.78 is 24.0. The van der Waals surface area contributed by atoms with E-state index in [1.807, 2.05) is 36.4 Å². The molecule has 2 aromatic carbocycles. The van der Waals surface area contributed by atoms with Gasteiger partial charge in [0.15, 0.2) is 5.96 Å². The molecule has 7 heteroatoms. The van der Waals surface area contributed by atoms with Crippen LogP contribution >= 0.6 is 0 Å². The average Bonchev–Trinajstić information content (AvgIpc) is 2.81. The van der Waals surface area contributed by atoms with Gasteiger partial charge in [-0.25, -0.2) is 4.39 Å². The van der Waals surface area contributed by atoms with Gasteiger partial charge >= 0.3 is 0 Å². The zero-order chi connectivity index (χ0) is 21.9. The van der Waals surface area contributed by atoms with Crippen LogP contribution in [0.1, 0.15) is 24.8 Å². The van der Waals surface area contributed by atoms with Crippen LogP contribution in [-0.2, 0) is 6.54 Å². The number of nitrogens with zero attached hydrogens (tertiary/aromatic N) is 2. The van der Waals surface area contributed by atoms with Crippen LogP contribution in [0, 0.1) is 5.82 Å². The molecule has 1 saturated heterocycles. The van der Waals surface area contributed by atoms with Crippen molar-refractivity contribution in [2.75, 3.05) is 40.4 Å². The first-order valence-electron chi connectivity index (χ1n) is 10.9. The third-order valence-electron chi connectivity index (χ3n) is 5.39. The van der Waals surface area contributed by atoms with Crippen molar-refractivity contribution >= 4 is 5.96 Å². The number of methoxy groups -OCH3 is 1. The summed E-state index contributed by atoms with van der Waals surface area (Å²) in [6.07, 6.45) is 2.98. The zero-order valence-electron chi connectivity index (χ0n) is 18.4. The monoisotopic (exact) mass is 428 g/mol. The Kier molecular flexibility index (Phi) is 8.97. The second kappa shape index (κ2) is 12.2. The Morgan fingerprint density at radius 2 is 1.87 bits per heavy atom. The normalized spacial score (nSPS) is 15.5. The molecule has 0 atom stereocenters. The molecule has 0 aliphatic carbocycles. The number of halogens is 1. The molecule has 0 aromatic heterocycles. The first kappa shape index (κ1) is 22.9. The predicted molar refractivity (Wildman–Crippen MR) is 122 cm³/mol. The van der Waals surface area contributed by atoms with Crippen LogP contribution in [-0.4, -0.2) is 57.3 Å². The highest BCUT2D eigenvalue weighted by Crippen LogP contribution is 2.19. The number of hydrogen-bond acceptors (Lipinski definition) is 4. The van der Waals surface area contributed by atoms with Crippen molar-refractivity contribution in [3.8, 4) is 11.5 Å². The van der Waals surface area contributed by atoms with Crippen molar-refractivity contribution < 1.29 is 13.9 Å². The molecule has 168 valence electrons. The van der Waals surface area contributed by atoms with Gasteiger partial charge in [-0.1, -0.05) is 18.2 Å². The predicted octanol–water partition coefficient (Wildman–Crippen LogP) is 3.43. The molecule has 6 nitrogen and oxygen atoms in total. The molecule has 2 N–H and O–H groups in total. The van der Waals surface area contributed by atoms with E-state index in [0.717, 1.165) is 68.5 Å². The van der Waals surface area contributed by atoms with E-state index in [2.05, 4.69) is 20.5 Å². The third kappa shape index (κ3) is 7.75. The standard InChI is InChI=1S/C24H33FN4O2/c1-26-24(27-13-4-16-31-23-6-3-5-22(17-23)30-2)28-21-11-14-29(15-12-21)18-19-7-9-20(25)10-8-19/h3,5-10,17,21H,4,11-16,18H2,1-2H3,(H2,26,27,28). The molecule has 0 saturated carbocycles. The van der Waals surface area contributed by atoms with Gasteiger partial charge in [-0.15, -0.1) is 0 Å². The number of guanidine groups is 1. The number of piperidine rings is 1. The number of ether oxygens (including phenoxy) is 2. The highest BCUT2D eigenvalue weighted by atomic mass is 19.1. The summed E-state index contributed by atoms with van der Waals surface area (Å²) in [5.74, 6) is 2.26. The van der Waals surface area contributed by atoms with Gasteiger partial charge in [0.2, 0.25) is 0 Å². The van der Waals surface area contributed by atoms with Crippen molar-refractivity contribution in [3.05, 3.63) is 59.9 Å². The lowest BCUT2D eigenvalue weighted by atomic mass is 10.0. The summed E-state index contributed by atoms with van der Waals surface area (Å²) in [5, 5.41) is 6.89. The Bertz CT molecular complexity index is 821. The highest BCUT2D eigenvalue weighted by molar-refractivity contribution is 5.79. The number of aliphatic imine (C=N–C) groups is 1. The fourth-order valence-electron chi connectivity index (χ4n) is 3.63. The number of nitrogens with one attached hydrogen (secondary N) is 2. The summed E-state index contributed by atoms with van der Waals surface area (Å²) >= 11 is 0. The molecule has 1 aliphatic rings. The van der Waals surface area contributed by atoms with Gasteiger partial charge in [0.25, 0.3) is 0 Å². The number of likely N-dealkylation sites (tertiary alicyclic amines) is 1. The van der Waals surface area contributed by atoms with E-state index in [1.54, 1.807) is 14.2 Å². The van der Waals surface area contributed by atoms with Crippen LogP contribution in [0.3, 0.4) is 0 Å². The molecule has 0 unspecified atom stereocenters. The minimum Gasteiger partial charge on any atom is -0.497 e. The molecular formula is C24H33FN4O2. The summed E-state index contributed by atoms with van der Waals surface area (Å²) in [6.45, 7) is 4.31. The van der Waals surface area contributed by atoms with E-state index in [0.29, 0.717) is 12.6 Å². The van der Waals surface area contributed by atoms with Crippen molar-refractivity contribution in [1.82, 2.24) is 15.5 Å². The number of benzene rings is 2. The van der Waals surface area contributed by atoms with Crippen LogP contribution in [0.2, 0.25) is 0 Å². The van der Waals surface area contributed by atoms with E-state index >= 15 is 0 Å². The first-order chi connectivity index (χ1) is 15.2. The van der Waals surface area contributed by atoms with Crippen molar-refractivity contribution in [2.24, 2.45) is 4.99 Å². The van der Waals surface area contributed by atoms with Crippen molar-refractivity contribution in [3.63, 3.8) is 0 Å². The lowest BCUT2D eigenvalue weighted by Gasteiger charge is -2.33. The van der Waals surface area contributed by atoms with Crippen LogP contribution < -0.4 is 20.1 Å².